The molecule has 0 bridgehead atoms. The van der Waals surface area contributed by atoms with Gasteiger partial charge in [0.2, 0.25) is 5.91 Å². The smallest absolute Gasteiger partial charge is 0.219 e. The molecule has 9 heteroatoms. The van der Waals surface area contributed by atoms with Crippen LogP contribution in [0.3, 0.4) is 0 Å². The average Bonchev–Trinajstić information content (AvgIpc) is 3.35. The predicted molar refractivity (Wildman–Crippen MR) is 102 cm³/mol. The maximum atomic E-state index is 11.2. The van der Waals surface area contributed by atoms with Crippen molar-refractivity contribution in [1.82, 2.24) is 24.1 Å². The number of thiophene rings is 1. The minimum atomic E-state index is -0.341. The average molecular weight is 384 g/mol. The van der Waals surface area contributed by atoms with E-state index < -0.39 is 0 Å². The van der Waals surface area contributed by atoms with Crippen LogP contribution in [-0.4, -0.2) is 30.1 Å². The molecule has 4 aromatic rings. The molecule has 7 nitrogen and oxygen atoms in total. The molecule has 0 saturated heterocycles. The van der Waals surface area contributed by atoms with Crippen molar-refractivity contribution in [3.63, 3.8) is 0 Å². The van der Waals surface area contributed by atoms with E-state index in [2.05, 4.69) is 15.2 Å². The number of nitrogens with zero attached hydrogens (tertiary/aromatic N) is 5. The fourth-order valence-corrected chi connectivity index (χ4v) is 4.17. The number of hydrogen-bond donors (Lipinski definition) is 1. The van der Waals surface area contributed by atoms with E-state index >= 15 is 0 Å². The third-order valence-electron chi connectivity index (χ3n) is 3.80. The van der Waals surface area contributed by atoms with Crippen LogP contribution in [0.4, 0.5) is 0 Å². The second-order valence-corrected chi connectivity index (χ2v) is 7.53. The molecule has 0 aromatic carbocycles. The number of thioether (sulfide) groups is 1. The van der Waals surface area contributed by atoms with Gasteiger partial charge in [-0.25, -0.2) is 4.98 Å². The Balaban J connectivity index is 1.57. The topological polar surface area (TPSA) is 91.1 Å². The third-order valence-corrected chi connectivity index (χ3v) is 5.67. The second kappa shape index (κ2) is 7.30. The van der Waals surface area contributed by atoms with E-state index in [0.717, 1.165) is 27.2 Å². The molecule has 0 spiro atoms. The normalized spacial score (nSPS) is 11.2. The van der Waals surface area contributed by atoms with Gasteiger partial charge in [-0.15, -0.1) is 21.5 Å². The van der Waals surface area contributed by atoms with E-state index in [-0.39, 0.29) is 12.3 Å². The number of aromatic nitrogens is 5. The molecule has 2 N–H and O–H groups in total. The Bertz CT molecular complexity index is 1000. The molecular formula is C17H16N6OS2. The van der Waals surface area contributed by atoms with E-state index in [0.29, 0.717) is 12.3 Å². The van der Waals surface area contributed by atoms with Crippen molar-refractivity contribution in [2.24, 2.45) is 5.73 Å². The first-order valence-corrected chi connectivity index (χ1v) is 9.88. The molecule has 0 aliphatic rings. The van der Waals surface area contributed by atoms with E-state index in [1.165, 1.54) is 0 Å². The van der Waals surface area contributed by atoms with Gasteiger partial charge in [-0.1, -0.05) is 23.9 Å². The Morgan fingerprint density at radius 3 is 2.92 bits per heavy atom. The molecule has 132 valence electrons. The van der Waals surface area contributed by atoms with Crippen LogP contribution in [0, 0.1) is 0 Å². The van der Waals surface area contributed by atoms with E-state index in [1.54, 1.807) is 23.1 Å². The van der Waals surface area contributed by atoms with Crippen LogP contribution in [0.5, 0.6) is 0 Å². The van der Waals surface area contributed by atoms with Crippen LogP contribution in [0.25, 0.3) is 16.3 Å². The molecule has 0 fully saturated rings. The summed E-state index contributed by atoms with van der Waals surface area (Å²) in [5, 5.41) is 11.4. The van der Waals surface area contributed by atoms with E-state index in [1.807, 2.05) is 57.1 Å². The summed E-state index contributed by atoms with van der Waals surface area (Å²) in [5.41, 5.74) is 7.20. The molecule has 4 rings (SSSR count). The zero-order chi connectivity index (χ0) is 17.9. The highest BCUT2D eigenvalue weighted by molar-refractivity contribution is 7.98. The molecule has 1 amide bonds. The molecular weight excluding hydrogens is 368 g/mol. The number of carbonyl (C=O) groups is 1. The van der Waals surface area contributed by atoms with Crippen molar-refractivity contribution in [3.05, 3.63) is 53.8 Å². The Hall–Kier alpha value is -2.65. The first-order chi connectivity index (χ1) is 12.7. The van der Waals surface area contributed by atoms with Crippen molar-refractivity contribution in [2.45, 2.75) is 23.9 Å². The number of pyridine rings is 1. The summed E-state index contributed by atoms with van der Waals surface area (Å²) in [6.07, 6.45) is 4.23. The number of carbonyl (C=O) groups excluding carboxylic acids is 1. The van der Waals surface area contributed by atoms with Crippen LogP contribution in [0.15, 0.2) is 53.3 Å². The standard InChI is InChI=1S/C17H16N6OS2/c18-14(24)6-8-23-16(13-4-3-9-25-13)20-21-17(23)26-11-12-10-22-7-2-1-5-15(22)19-12/h1-5,7,9-10H,6,8,11H2,(H2,18,24). The van der Waals surface area contributed by atoms with Gasteiger partial charge in [-0.05, 0) is 23.6 Å². The van der Waals surface area contributed by atoms with Gasteiger partial charge in [-0.3, -0.25) is 4.79 Å². The summed E-state index contributed by atoms with van der Waals surface area (Å²) in [5.74, 6) is 1.09. The number of hydrogen-bond acceptors (Lipinski definition) is 6. The fraction of sp³-hybridized carbons (Fsp3) is 0.176. The number of rotatable bonds is 7. The van der Waals surface area contributed by atoms with E-state index in [4.69, 9.17) is 5.73 Å². The third kappa shape index (κ3) is 3.49. The molecule has 0 saturated carbocycles. The van der Waals surface area contributed by atoms with Crippen molar-refractivity contribution in [3.8, 4) is 10.7 Å². The zero-order valence-electron chi connectivity index (χ0n) is 13.8. The molecule has 4 aromatic heterocycles. The van der Waals surface area contributed by atoms with Crippen molar-refractivity contribution in [1.29, 1.82) is 0 Å². The van der Waals surface area contributed by atoms with Gasteiger partial charge < -0.3 is 14.7 Å². The first-order valence-electron chi connectivity index (χ1n) is 8.01. The van der Waals surface area contributed by atoms with Gasteiger partial charge in [0.1, 0.15) is 5.65 Å². The minimum Gasteiger partial charge on any atom is -0.370 e. The number of fused-ring (bicyclic) bond motifs is 1. The lowest BCUT2D eigenvalue weighted by molar-refractivity contribution is -0.118. The quantitative estimate of drug-likeness (QED) is 0.495. The van der Waals surface area contributed by atoms with Crippen LogP contribution >= 0.6 is 23.1 Å². The summed E-state index contributed by atoms with van der Waals surface area (Å²) in [6, 6.07) is 9.87. The lowest BCUT2D eigenvalue weighted by Gasteiger charge is -2.07. The van der Waals surface area contributed by atoms with Crippen molar-refractivity contribution in [2.75, 3.05) is 0 Å². The molecule has 0 atom stereocenters. The van der Waals surface area contributed by atoms with Gasteiger partial charge in [0, 0.05) is 31.1 Å². The predicted octanol–water partition coefficient (Wildman–Crippen LogP) is 2.82. The van der Waals surface area contributed by atoms with Gasteiger partial charge in [0.05, 0.1) is 10.6 Å². The molecule has 26 heavy (non-hydrogen) atoms. The summed E-state index contributed by atoms with van der Waals surface area (Å²) in [7, 11) is 0. The summed E-state index contributed by atoms with van der Waals surface area (Å²) < 4.78 is 3.95. The maximum absolute atomic E-state index is 11.2. The summed E-state index contributed by atoms with van der Waals surface area (Å²) in [4.78, 5) is 16.8. The van der Waals surface area contributed by atoms with Crippen molar-refractivity contribution < 1.29 is 4.79 Å². The van der Waals surface area contributed by atoms with Gasteiger partial charge >= 0.3 is 0 Å². The number of amides is 1. The highest BCUT2D eigenvalue weighted by Crippen LogP contribution is 2.29. The molecule has 0 aliphatic carbocycles. The first kappa shape index (κ1) is 16.8. The van der Waals surface area contributed by atoms with Gasteiger partial charge in [-0.2, -0.15) is 0 Å². The van der Waals surface area contributed by atoms with Crippen LogP contribution in [0.2, 0.25) is 0 Å². The SMILES string of the molecule is NC(=O)CCn1c(SCc2cn3ccccc3n2)nnc1-c1cccs1. The number of imidazole rings is 1. The molecule has 0 aliphatic heterocycles. The Labute approximate surface area is 157 Å². The second-order valence-electron chi connectivity index (χ2n) is 5.64. The molecule has 0 radical (unpaired) electrons. The molecule has 4 heterocycles. The lowest BCUT2D eigenvalue weighted by Crippen LogP contribution is -2.14. The van der Waals surface area contributed by atoms with Crippen molar-refractivity contribution >= 4 is 34.7 Å². The van der Waals surface area contributed by atoms with Gasteiger partial charge in [0.15, 0.2) is 11.0 Å². The number of primary amides is 1. The van der Waals surface area contributed by atoms with Gasteiger partial charge in [0.25, 0.3) is 0 Å². The fourth-order valence-electron chi connectivity index (χ4n) is 2.60. The molecule has 0 unspecified atom stereocenters. The zero-order valence-corrected chi connectivity index (χ0v) is 15.4. The Morgan fingerprint density at radius 1 is 1.23 bits per heavy atom. The number of nitrogens with two attached hydrogens (primary N) is 1. The largest absolute Gasteiger partial charge is 0.370 e. The Morgan fingerprint density at radius 2 is 2.15 bits per heavy atom. The Kier molecular flexibility index (Phi) is 4.72. The summed E-state index contributed by atoms with van der Waals surface area (Å²) in [6.45, 7) is 0.461. The van der Waals surface area contributed by atoms with Crippen LogP contribution in [-0.2, 0) is 17.1 Å². The maximum Gasteiger partial charge on any atom is 0.219 e. The van der Waals surface area contributed by atoms with Crippen LogP contribution < -0.4 is 5.73 Å². The van der Waals surface area contributed by atoms with E-state index in [9.17, 15) is 4.79 Å². The summed E-state index contributed by atoms with van der Waals surface area (Å²) >= 11 is 3.14. The lowest BCUT2D eigenvalue weighted by atomic mass is 10.4. The monoisotopic (exact) mass is 384 g/mol. The minimum absolute atomic E-state index is 0.248. The highest BCUT2D eigenvalue weighted by Gasteiger charge is 2.16. The van der Waals surface area contributed by atoms with Crippen LogP contribution in [0.1, 0.15) is 12.1 Å². The highest BCUT2D eigenvalue weighted by atomic mass is 32.2.